The van der Waals surface area contributed by atoms with Crippen LogP contribution in [0.2, 0.25) is 0 Å². The monoisotopic (exact) mass is 200 g/mol. The summed E-state index contributed by atoms with van der Waals surface area (Å²) in [5, 5.41) is 11.6. The highest BCUT2D eigenvalue weighted by Crippen LogP contribution is 2.01. The zero-order chi connectivity index (χ0) is 10.6. The van der Waals surface area contributed by atoms with Crippen molar-refractivity contribution in [3.63, 3.8) is 0 Å². The van der Waals surface area contributed by atoms with Crippen LogP contribution in [0.15, 0.2) is 4.99 Å². The molecule has 0 aromatic heterocycles. The van der Waals surface area contributed by atoms with Gasteiger partial charge >= 0.3 is 5.97 Å². The maximum atomic E-state index is 10.4. The summed E-state index contributed by atoms with van der Waals surface area (Å²) in [4.78, 5) is 14.6. The molecule has 1 heterocycles. The van der Waals surface area contributed by atoms with E-state index in [1.165, 1.54) is 0 Å². The van der Waals surface area contributed by atoms with Crippen LogP contribution in [0.3, 0.4) is 0 Å². The smallest absolute Gasteiger partial charge is 0.320 e. The van der Waals surface area contributed by atoms with Gasteiger partial charge < -0.3 is 21.9 Å². The molecule has 0 aromatic carbocycles. The van der Waals surface area contributed by atoms with Gasteiger partial charge in [0.25, 0.3) is 0 Å². The van der Waals surface area contributed by atoms with Crippen molar-refractivity contribution in [3.05, 3.63) is 0 Å². The predicted molar refractivity (Wildman–Crippen MR) is 53.1 cm³/mol. The molecule has 0 saturated carbocycles. The topological polar surface area (TPSA) is 114 Å². The van der Waals surface area contributed by atoms with Crippen LogP contribution < -0.4 is 16.8 Å². The number of aliphatic imine (C=N–C) groups is 1. The zero-order valence-electron chi connectivity index (χ0n) is 7.94. The van der Waals surface area contributed by atoms with Gasteiger partial charge in [-0.05, 0) is 12.8 Å². The Hall–Kier alpha value is -1.14. The van der Waals surface area contributed by atoms with E-state index in [2.05, 4.69) is 10.3 Å². The van der Waals surface area contributed by atoms with E-state index in [0.717, 1.165) is 18.9 Å². The number of carboxylic acids is 1. The number of carbonyl (C=O) groups is 1. The Kier molecular flexibility index (Phi) is 3.84. The van der Waals surface area contributed by atoms with E-state index in [9.17, 15) is 4.79 Å². The molecule has 0 spiro atoms. The number of nitrogens with zero attached hydrogens (tertiary/aromatic N) is 1. The van der Waals surface area contributed by atoms with Crippen molar-refractivity contribution >= 4 is 11.8 Å². The number of nitrogens with one attached hydrogen (secondary N) is 1. The molecule has 14 heavy (non-hydrogen) atoms. The minimum absolute atomic E-state index is 0.220. The van der Waals surface area contributed by atoms with Crippen molar-refractivity contribution in [3.8, 4) is 0 Å². The highest BCUT2D eigenvalue weighted by molar-refractivity contribution is 5.88. The molecular weight excluding hydrogens is 184 g/mol. The van der Waals surface area contributed by atoms with E-state index in [0.29, 0.717) is 12.8 Å². The number of nitrogens with two attached hydrogens (primary N) is 2. The number of hydrogen-bond acceptors (Lipinski definition) is 5. The Morgan fingerprint density at radius 1 is 1.57 bits per heavy atom. The summed E-state index contributed by atoms with van der Waals surface area (Å²) in [6, 6.07) is -1.05. The minimum Gasteiger partial charge on any atom is -0.480 e. The Morgan fingerprint density at radius 3 is 2.79 bits per heavy atom. The molecule has 0 amide bonds. The highest BCUT2D eigenvalue weighted by Gasteiger charge is 2.17. The minimum atomic E-state index is -0.987. The Morgan fingerprint density at radius 2 is 2.29 bits per heavy atom. The average molecular weight is 200 g/mol. The number of aliphatic carboxylic acids is 1. The molecule has 0 aromatic rings. The third kappa shape index (κ3) is 2.97. The fourth-order valence-electron chi connectivity index (χ4n) is 1.28. The fourth-order valence-corrected chi connectivity index (χ4v) is 1.28. The number of carboxylic acid groups (broad SMARTS) is 1. The summed E-state index contributed by atoms with van der Waals surface area (Å²) in [7, 11) is 0. The first-order chi connectivity index (χ1) is 6.61. The van der Waals surface area contributed by atoms with E-state index < -0.39 is 12.0 Å². The lowest BCUT2D eigenvalue weighted by Crippen LogP contribution is -2.40. The fraction of sp³-hybridized carbons (Fsp3) is 0.750. The van der Waals surface area contributed by atoms with E-state index in [1.807, 2.05) is 0 Å². The van der Waals surface area contributed by atoms with Crippen LogP contribution >= 0.6 is 0 Å². The van der Waals surface area contributed by atoms with Crippen LogP contribution in [0.1, 0.15) is 12.8 Å². The van der Waals surface area contributed by atoms with Crippen LogP contribution in [-0.4, -0.2) is 42.1 Å². The molecule has 6 heteroatoms. The largest absolute Gasteiger partial charge is 0.480 e. The molecule has 0 aliphatic carbocycles. The second kappa shape index (κ2) is 4.92. The van der Waals surface area contributed by atoms with Gasteiger partial charge in [-0.2, -0.15) is 0 Å². The van der Waals surface area contributed by atoms with E-state index >= 15 is 0 Å². The molecule has 2 atom stereocenters. The van der Waals surface area contributed by atoms with Gasteiger partial charge in [0, 0.05) is 6.54 Å². The molecule has 1 rings (SSSR count). The van der Waals surface area contributed by atoms with Gasteiger partial charge in [-0.25, -0.2) is 0 Å². The van der Waals surface area contributed by atoms with E-state index in [1.54, 1.807) is 0 Å². The normalized spacial score (nSPS) is 19.7. The first kappa shape index (κ1) is 10.9. The lowest BCUT2D eigenvalue weighted by Gasteiger charge is -2.13. The maximum Gasteiger partial charge on any atom is 0.320 e. The summed E-state index contributed by atoms with van der Waals surface area (Å²) in [5.41, 5.74) is 11.1. The molecule has 80 valence electrons. The van der Waals surface area contributed by atoms with Crippen LogP contribution in [0.25, 0.3) is 0 Å². The van der Waals surface area contributed by atoms with Gasteiger partial charge in [0.2, 0.25) is 0 Å². The standard InChI is InChI=1S/C8H16N4O2/c9-5(7-11-3-4-12-7)1-2-6(10)8(13)14/h5-6H,1-4,9-10H2,(H,11,12)(H,13,14)/t5?,6-/m1/s1. The van der Waals surface area contributed by atoms with Crippen molar-refractivity contribution in [2.24, 2.45) is 16.5 Å². The van der Waals surface area contributed by atoms with Crippen molar-refractivity contribution < 1.29 is 9.90 Å². The summed E-state index contributed by atoms with van der Waals surface area (Å²) in [6.07, 6.45) is 0.913. The molecule has 1 aliphatic heterocycles. The first-order valence-corrected chi connectivity index (χ1v) is 4.63. The van der Waals surface area contributed by atoms with Gasteiger partial charge in [-0.3, -0.25) is 9.79 Å². The Balaban J connectivity index is 2.27. The van der Waals surface area contributed by atoms with Gasteiger partial charge in [0.1, 0.15) is 11.9 Å². The van der Waals surface area contributed by atoms with Crippen LogP contribution in [0.5, 0.6) is 0 Å². The van der Waals surface area contributed by atoms with E-state index in [-0.39, 0.29) is 6.04 Å². The highest BCUT2D eigenvalue weighted by atomic mass is 16.4. The quantitative estimate of drug-likeness (QED) is 0.431. The van der Waals surface area contributed by atoms with Crippen molar-refractivity contribution in [1.29, 1.82) is 0 Å². The van der Waals surface area contributed by atoms with Gasteiger partial charge in [-0.15, -0.1) is 0 Å². The summed E-state index contributed by atoms with van der Waals surface area (Å²) < 4.78 is 0. The van der Waals surface area contributed by atoms with Crippen LogP contribution in [0.4, 0.5) is 0 Å². The molecule has 0 fully saturated rings. The van der Waals surface area contributed by atoms with E-state index in [4.69, 9.17) is 16.6 Å². The third-order valence-electron chi connectivity index (χ3n) is 2.16. The molecule has 0 saturated heterocycles. The molecule has 1 unspecified atom stereocenters. The van der Waals surface area contributed by atoms with Crippen molar-refractivity contribution in [2.45, 2.75) is 24.9 Å². The zero-order valence-corrected chi connectivity index (χ0v) is 7.94. The molecular formula is C8H16N4O2. The third-order valence-corrected chi connectivity index (χ3v) is 2.16. The molecule has 0 bridgehead atoms. The molecule has 1 aliphatic rings. The Bertz CT molecular complexity index is 241. The second-order valence-corrected chi connectivity index (χ2v) is 3.32. The number of rotatable bonds is 5. The Labute approximate surface area is 82.4 Å². The van der Waals surface area contributed by atoms with Gasteiger partial charge in [0.15, 0.2) is 0 Å². The summed E-state index contributed by atoms with van der Waals surface area (Å²) in [6.45, 7) is 1.56. The predicted octanol–water partition coefficient (Wildman–Crippen LogP) is -1.49. The van der Waals surface area contributed by atoms with Crippen molar-refractivity contribution in [1.82, 2.24) is 5.32 Å². The lowest BCUT2D eigenvalue weighted by atomic mass is 10.1. The number of amidine groups is 1. The summed E-state index contributed by atoms with van der Waals surface area (Å²) in [5.74, 6) is -0.221. The van der Waals surface area contributed by atoms with Gasteiger partial charge in [-0.1, -0.05) is 0 Å². The van der Waals surface area contributed by atoms with Crippen molar-refractivity contribution in [2.75, 3.05) is 13.1 Å². The molecule has 6 N–H and O–H groups in total. The SMILES string of the molecule is NC(CC[C@@H](N)C(=O)O)C1=NCCN1. The molecule has 0 radical (unpaired) electrons. The number of hydrogen-bond donors (Lipinski definition) is 4. The first-order valence-electron chi connectivity index (χ1n) is 4.63. The van der Waals surface area contributed by atoms with Crippen LogP contribution in [0, 0.1) is 0 Å². The second-order valence-electron chi connectivity index (χ2n) is 3.32. The molecule has 6 nitrogen and oxygen atoms in total. The van der Waals surface area contributed by atoms with Crippen LogP contribution in [-0.2, 0) is 4.79 Å². The van der Waals surface area contributed by atoms with Gasteiger partial charge in [0.05, 0.1) is 12.6 Å². The average Bonchev–Trinajstić information content (AvgIpc) is 2.66. The maximum absolute atomic E-state index is 10.4. The summed E-state index contributed by atoms with van der Waals surface area (Å²) >= 11 is 0. The lowest BCUT2D eigenvalue weighted by molar-refractivity contribution is -0.138.